The van der Waals surface area contributed by atoms with Crippen LogP contribution in [-0.2, 0) is 46.7 Å². The molecular weight excluding hydrogens is 892 g/mol. The Morgan fingerprint density at radius 3 is 2.09 bits per heavy atom. The van der Waals surface area contributed by atoms with E-state index in [2.05, 4.69) is 16.0 Å². The Kier molecular flexibility index (Phi) is 20.0. The maximum atomic E-state index is 13.8. The number of rotatable bonds is 26. The summed E-state index contributed by atoms with van der Waals surface area (Å²) >= 11 is 0. The maximum Gasteiger partial charge on any atom is 0.363 e. The highest BCUT2D eigenvalue weighted by atomic mass is 19.1. The Morgan fingerprint density at radius 1 is 0.768 bits per heavy atom. The summed E-state index contributed by atoms with van der Waals surface area (Å²) < 4.78 is 36.3. The van der Waals surface area contributed by atoms with Gasteiger partial charge in [0.2, 0.25) is 12.3 Å². The van der Waals surface area contributed by atoms with Crippen molar-refractivity contribution in [2.75, 3.05) is 13.3 Å². The lowest BCUT2D eigenvalue weighted by atomic mass is 9.90. The van der Waals surface area contributed by atoms with Crippen LogP contribution < -0.4 is 20.7 Å². The molecule has 3 atom stereocenters. The number of hydrogen-bond acceptors (Lipinski definition) is 12. The first-order valence-corrected chi connectivity index (χ1v) is 22.7. The topological polar surface area (TPSA) is 209 Å². The smallest absolute Gasteiger partial charge is 0.363 e. The summed E-state index contributed by atoms with van der Waals surface area (Å²) in [6, 6.07) is 26.7. The number of carbonyl (C=O) groups is 7. The minimum absolute atomic E-state index is 0.0345. The van der Waals surface area contributed by atoms with Crippen molar-refractivity contribution in [2.45, 2.75) is 91.5 Å². The van der Waals surface area contributed by atoms with Gasteiger partial charge in [-0.15, -0.1) is 0 Å². The molecule has 4 aromatic carbocycles. The number of furan rings is 1. The van der Waals surface area contributed by atoms with Crippen molar-refractivity contribution in [1.29, 1.82) is 0 Å². The number of benzene rings is 4. The molecule has 0 spiro atoms. The molecule has 16 nitrogen and oxygen atoms in total. The molecule has 0 radical (unpaired) electrons. The molecule has 1 heterocycles. The first-order valence-electron chi connectivity index (χ1n) is 22.7. The van der Waals surface area contributed by atoms with Crippen molar-refractivity contribution in [3.63, 3.8) is 0 Å². The van der Waals surface area contributed by atoms with Crippen molar-refractivity contribution in [3.05, 3.63) is 149 Å². The summed E-state index contributed by atoms with van der Waals surface area (Å²) in [5, 5.41) is 8.72. The number of nitrogens with zero attached hydrogens (tertiary/aromatic N) is 1. The molecule has 4 amide bonds. The fourth-order valence-corrected chi connectivity index (χ4v) is 7.33. The van der Waals surface area contributed by atoms with E-state index >= 15 is 0 Å². The summed E-state index contributed by atoms with van der Waals surface area (Å²) in [5.41, 5.74) is 2.29. The lowest BCUT2D eigenvalue weighted by Crippen LogP contribution is -2.49. The van der Waals surface area contributed by atoms with Gasteiger partial charge in [0.25, 0.3) is 11.8 Å². The number of hydrogen-bond donors (Lipinski definition) is 3. The van der Waals surface area contributed by atoms with Gasteiger partial charge in [0.05, 0.1) is 42.8 Å². The van der Waals surface area contributed by atoms with Crippen molar-refractivity contribution in [2.24, 2.45) is 5.92 Å². The largest absolute Gasteiger partial charge is 0.493 e. The van der Waals surface area contributed by atoms with E-state index in [0.717, 1.165) is 29.5 Å². The highest BCUT2D eigenvalue weighted by molar-refractivity contribution is 6.00. The first-order chi connectivity index (χ1) is 33.3. The molecule has 0 aliphatic rings. The zero-order valence-corrected chi connectivity index (χ0v) is 39.0. The van der Waals surface area contributed by atoms with E-state index < -0.39 is 65.9 Å². The Balaban J connectivity index is 1.23. The van der Waals surface area contributed by atoms with Gasteiger partial charge in [-0.2, -0.15) is 5.06 Å². The Labute approximate surface area is 399 Å². The molecule has 1 aromatic heterocycles. The van der Waals surface area contributed by atoms with Crippen LogP contribution in [0.5, 0.6) is 5.75 Å². The van der Waals surface area contributed by atoms with E-state index in [-0.39, 0.29) is 61.3 Å². The summed E-state index contributed by atoms with van der Waals surface area (Å²) in [7, 11) is 0. The second kappa shape index (κ2) is 26.5. The predicted molar refractivity (Wildman–Crippen MR) is 250 cm³/mol. The third-order valence-corrected chi connectivity index (χ3v) is 10.9. The van der Waals surface area contributed by atoms with Crippen LogP contribution >= 0.6 is 0 Å². The second-order valence-corrected chi connectivity index (χ2v) is 15.9. The molecule has 17 heteroatoms. The van der Waals surface area contributed by atoms with E-state index in [1.165, 1.54) is 43.3 Å². The Hall–Kier alpha value is -7.82. The van der Waals surface area contributed by atoms with Gasteiger partial charge >= 0.3 is 17.9 Å². The van der Waals surface area contributed by atoms with Crippen LogP contribution in [-0.4, -0.2) is 72.5 Å². The van der Waals surface area contributed by atoms with Crippen molar-refractivity contribution in [1.82, 2.24) is 21.0 Å². The van der Waals surface area contributed by atoms with Crippen LogP contribution in [0.3, 0.4) is 0 Å². The van der Waals surface area contributed by atoms with Gasteiger partial charge in [0.1, 0.15) is 36.6 Å². The Bertz CT molecular complexity index is 2530. The Morgan fingerprint density at radius 2 is 1.45 bits per heavy atom. The number of unbranched alkanes of at least 4 members (excludes halogenated alkanes) is 2. The minimum Gasteiger partial charge on any atom is -0.493 e. The number of amides is 4. The van der Waals surface area contributed by atoms with E-state index in [1.807, 2.05) is 19.1 Å². The fraction of sp³-hybridized carbons (Fsp3) is 0.327. The number of carbonyl (C=O) groups excluding carboxylic acids is 7. The molecule has 5 rings (SSSR count). The summed E-state index contributed by atoms with van der Waals surface area (Å²) in [5.74, 6) is -5.47. The molecule has 0 fully saturated rings. The number of nitrogens with one attached hydrogen (secondary N) is 3. The van der Waals surface area contributed by atoms with Gasteiger partial charge < -0.3 is 39.4 Å². The first kappa shape index (κ1) is 52.2. The van der Waals surface area contributed by atoms with E-state index in [9.17, 15) is 38.0 Å². The highest BCUT2D eigenvalue weighted by Crippen LogP contribution is 2.30. The van der Waals surface area contributed by atoms with Gasteiger partial charge in [0.15, 0.2) is 5.76 Å². The molecule has 0 saturated heterocycles. The van der Waals surface area contributed by atoms with E-state index in [1.54, 1.807) is 68.4 Å². The van der Waals surface area contributed by atoms with Gasteiger partial charge in [-0.3, -0.25) is 24.0 Å². The quantitative estimate of drug-likeness (QED) is 0.0160. The lowest BCUT2D eigenvalue weighted by Gasteiger charge is -2.32. The molecule has 0 saturated carbocycles. The average Bonchev–Trinajstić information content (AvgIpc) is 3.85. The molecule has 0 aliphatic heterocycles. The second-order valence-electron chi connectivity index (χ2n) is 15.9. The highest BCUT2D eigenvalue weighted by Gasteiger charge is 2.34. The molecule has 0 bridgehead atoms. The molecule has 5 aromatic rings. The zero-order valence-electron chi connectivity index (χ0n) is 39.0. The zero-order chi connectivity index (χ0) is 49.7. The summed E-state index contributed by atoms with van der Waals surface area (Å²) in [6.07, 6.45) is 2.71. The number of hydroxylamine groups is 2. The monoisotopic (exact) mass is 948 g/mol. The number of ether oxygens (including phenoxy) is 3. The van der Waals surface area contributed by atoms with Crippen molar-refractivity contribution < 1.29 is 61.4 Å². The lowest BCUT2D eigenvalue weighted by molar-refractivity contribution is -0.171. The van der Waals surface area contributed by atoms with Crippen LogP contribution in [0, 0.1) is 18.7 Å². The van der Waals surface area contributed by atoms with E-state index in [0.29, 0.717) is 35.9 Å². The minimum atomic E-state index is -1.41. The normalized spacial score (nSPS) is 12.1. The maximum absolute atomic E-state index is 13.8. The van der Waals surface area contributed by atoms with Crippen LogP contribution in [0.25, 0.3) is 11.3 Å². The van der Waals surface area contributed by atoms with Gasteiger partial charge in [-0.05, 0) is 85.8 Å². The summed E-state index contributed by atoms with van der Waals surface area (Å²) in [4.78, 5) is 97.8. The van der Waals surface area contributed by atoms with Crippen LogP contribution in [0.4, 0.5) is 4.39 Å². The molecule has 3 N–H and O–H groups in total. The van der Waals surface area contributed by atoms with Crippen molar-refractivity contribution in [3.8, 4) is 17.1 Å². The number of aryl methyl sites for hydroxylation is 1. The van der Waals surface area contributed by atoms with Gasteiger partial charge in [-0.25, -0.2) is 14.0 Å². The average molecular weight is 949 g/mol. The number of esters is 2. The molecule has 364 valence electrons. The van der Waals surface area contributed by atoms with Crippen LogP contribution in [0.15, 0.2) is 114 Å². The van der Waals surface area contributed by atoms with E-state index in [4.69, 9.17) is 23.5 Å². The predicted octanol–water partition coefficient (Wildman–Crippen LogP) is 7.78. The SMILES string of the molecule is CCCCCC(C(=O)NCNC(=O)c1ccc(-c2ccc(C(=O)NC(CC(=O)OCc3ccccc3)C(=O)OCc3ccccc3)c(OCC)c2)o1)[C@@H](CC)N(C=O)OC(=O)c1ccc(F)cc1C. The molecule has 2 unspecified atom stereocenters. The third-order valence-electron chi connectivity index (χ3n) is 10.9. The number of halogens is 1. The van der Waals surface area contributed by atoms with Gasteiger partial charge in [-0.1, -0.05) is 99.8 Å². The molecule has 69 heavy (non-hydrogen) atoms. The van der Waals surface area contributed by atoms with Crippen LogP contribution in [0.2, 0.25) is 0 Å². The van der Waals surface area contributed by atoms with Crippen LogP contribution in [0.1, 0.15) is 107 Å². The van der Waals surface area contributed by atoms with Gasteiger partial charge in [0, 0.05) is 5.56 Å². The fourth-order valence-electron chi connectivity index (χ4n) is 7.33. The van der Waals surface area contributed by atoms with Crippen molar-refractivity contribution >= 4 is 42.0 Å². The standard InChI is InChI=1S/C52H57FN4O12/c1-5-8-11-20-40(43(6-2)57(33-58)69-51(63)39-24-22-38(53)27-34(39)4)48(60)54-32-55-50(62)45-26-25-44(68-45)37-21-23-41(46(28-37)65-7-3)49(61)56-42(52(64)67-31-36-18-14-10-15-19-36)29-47(59)66-30-35-16-12-9-13-17-35/h9-10,12-19,21-28,33,40,42-43H,5-8,11,20,29-32H2,1-4H3,(H,54,60)(H,55,62)(H,56,61)/t40?,42?,43-/m1/s1. The summed E-state index contributed by atoms with van der Waals surface area (Å²) in [6.45, 7) is 6.71. The third kappa shape index (κ3) is 15.4. The molecule has 0 aliphatic carbocycles. The molecular formula is C52H57FN4O12.